The summed E-state index contributed by atoms with van der Waals surface area (Å²) in [7, 11) is 1.92. The SMILES string of the molecule is C=C1Oc2cc(OCCN3CCC4(CC3)C(=O)Nc3ccc(C#N)cc34)ccc2N1C. The van der Waals surface area contributed by atoms with Gasteiger partial charge in [-0.1, -0.05) is 0 Å². The Morgan fingerprint density at radius 1 is 1.26 bits per heavy atom. The van der Waals surface area contributed by atoms with Gasteiger partial charge in [0.1, 0.15) is 12.4 Å². The Balaban J connectivity index is 1.18. The maximum absolute atomic E-state index is 12.8. The highest BCUT2D eigenvalue weighted by Crippen LogP contribution is 2.45. The molecule has 1 spiro atoms. The maximum atomic E-state index is 12.8. The van der Waals surface area contributed by atoms with Gasteiger partial charge in [0.2, 0.25) is 5.91 Å². The van der Waals surface area contributed by atoms with Gasteiger partial charge < -0.3 is 19.7 Å². The lowest BCUT2D eigenvalue weighted by atomic mass is 9.73. The second-order valence-electron chi connectivity index (χ2n) is 8.28. The summed E-state index contributed by atoms with van der Waals surface area (Å²) in [6.45, 7) is 6.84. The number of nitrogens with one attached hydrogen (secondary N) is 1. The van der Waals surface area contributed by atoms with Gasteiger partial charge in [-0.2, -0.15) is 5.26 Å². The largest absolute Gasteiger partial charge is 0.492 e. The van der Waals surface area contributed by atoms with E-state index in [-0.39, 0.29) is 5.91 Å². The summed E-state index contributed by atoms with van der Waals surface area (Å²) in [6, 6.07) is 13.4. The quantitative estimate of drug-likeness (QED) is 0.825. The van der Waals surface area contributed by atoms with E-state index in [9.17, 15) is 10.1 Å². The first-order chi connectivity index (χ1) is 15.0. The molecule has 1 saturated heterocycles. The Morgan fingerprint density at radius 2 is 2.06 bits per heavy atom. The van der Waals surface area contributed by atoms with Gasteiger partial charge in [0.05, 0.1) is 22.7 Å². The Morgan fingerprint density at radius 3 is 2.84 bits per heavy atom. The summed E-state index contributed by atoms with van der Waals surface area (Å²) in [5.74, 6) is 2.18. The van der Waals surface area contributed by atoms with E-state index in [1.807, 2.05) is 42.3 Å². The third-order valence-corrected chi connectivity index (χ3v) is 6.63. The lowest BCUT2D eigenvalue weighted by molar-refractivity contribution is -0.122. The fourth-order valence-electron chi connectivity index (χ4n) is 4.70. The molecule has 7 nitrogen and oxygen atoms in total. The molecule has 1 fully saturated rings. The second kappa shape index (κ2) is 7.33. The van der Waals surface area contributed by atoms with Crippen molar-refractivity contribution in [3.8, 4) is 17.6 Å². The van der Waals surface area contributed by atoms with Crippen LogP contribution in [-0.4, -0.2) is 44.1 Å². The summed E-state index contributed by atoms with van der Waals surface area (Å²) in [6.07, 6.45) is 1.48. The minimum atomic E-state index is -0.523. The van der Waals surface area contributed by atoms with Crippen molar-refractivity contribution < 1.29 is 14.3 Å². The first-order valence-corrected chi connectivity index (χ1v) is 10.5. The molecular formula is C24H24N4O3. The number of rotatable bonds is 4. The Hall–Kier alpha value is -3.50. The van der Waals surface area contributed by atoms with Crippen molar-refractivity contribution in [1.82, 2.24) is 4.90 Å². The van der Waals surface area contributed by atoms with Crippen molar-refractivity contribution in [3.63, 3.8) is 0 Å². The zero-order chi connectivity index (χ0) is 21.6. The van der Waals surface area contributed by atoms with E-state index in [4.69, 9.17) is 9.47 Å². The molecule has 3 aliphatic heterocycles. The molecule has 0 aliphatic carbocycles. The molecule has 0 unspecified atom stereocenters. The number of hydrogen-bond acceptors (Lipinski definition) is 6. The predicted molar refractivity (Wildman–Crippen MR) is 117 cm³/mol. The maximum Gasteiger partial charge on any atom is 0.235 e. The number of carbonyl (C=O) groups excluding carboxylic acids is 1. The third kappa shape index (κ3) is 3.20. The van der Waals surface area contributed by atoms with E-state index >= 15 is 0 Å². The van der Waals surface area contributed by atoms with Crippen molar-refractivity contribution in [3.05, 3.63) is 60.0 Å². The third-order valence-electron chi connectivity index (χ3n) is 6.63. The number of fused-ring (bicyclic) bond motifs is 3. The van der Waals surface area contributed by atoms with Gasteiger partial charge in [0.15, 0.2) is 11.6 Å². The molecule has 158 valence electrons. The van der Waals surface area contributed by atoms with Gasteiger partial charge >= 0.3 is 0 Å². The van der Waals surface area contributed by atoms with Gasteiger partial charge in [-0.05, 0) is 68.4 Å². The van der Waals surface area contributed by atoms with Crippen LogP contribution in [0.15, 0.2) is 48.9 Å². The number of anilines is 2. The summed E-state index contributed by atoms with van der Waals surface area (Å²) in [4.78, 5) is 17.0. The van der Waals surface area contributed by atoms with Crippen molar-refractivity contribution in [2.24, 2.45) is 0 Å². The van der Waals surface area contributed by atoms with E-state index in [0.29, 0.717) is 18.1 Å². The fraction of sp³-hybridized carbons (Fsp3) is 0.333. The number of ether oxygens (including phenoxy) is 2. The molecule has 0 bridgehead atoms. The smallest absolute Gasteiger partial charge is 0.235 e. The molecule has 0 saturated carbocycles. The van der Waals surface area contributed by atoms with Gasteiger partial charge in [-0.25, -0.2) is 0 Å². The molecule has 31 heavy (non-hydrogen) atoms. The molecule has 0 radical (unpaired) electrons. The van der Waals surface area contributed by atoms with E-state index in [1.54, 1.807) is 6.07 Å². The number of nitrogens with zero attached hydrogens (tertiary/aromatic N) is 3. The average Bonchev–Trinajstić information content (AvgIpc) is 3.21. The highest BCUT2D eigenvalue weighted by atomic mass is 16.5. The molecule has 0 atom stereocenters. The Kier molecular flexibility index (Phi) is 4.60. The predicted octanol–water partition coefficient (Wildman–Crippen LogP) is 3.22. The Labute approximate surface area is 181 Å². The van der Waals surface area contributed by atoms with Crippen LogP contribution >= 0.6 is 0 Å². The van der Waals surface area contributed by atoms with Crippen LogP contribution in [0, 0.1) is 11.3 Å². The molecule has 5 rings (SSSR count). The number of piperidine rings is 1. The fourth-order valence-corrected chi connectivity index (χ4v) is 4.70. The zero-order valence-electron chi connectivity index (χ0n) is 17.5. The van der Waals surface area contributed by atoms with Crippen LogP contribution in [0.4, 0.5) is 11.4 Å². The van der Waals surface area contributed by atoms with Gasteiger partial charge in [-0.3, -0.25) is 9.69 Å². The van der Waals surface area contributed by atoms with Crippen molar-refractivity contribution in [1.29, 1.82) is 5.26 Å². The number of hydrogen-bond donors (Lipinski definition) is 1. The van der Waals surface area contributed by atoms with Gasteiger partial charge in [0, 0.05) is 25.3 Å². The number of likely N-dealkylation sites (tertiary alicyclic amines) is 1. The first-order valence-electron chi connectivity index (χ1n) is 10.5. The summed E-state index contributed by atoms with van der Waals surface area (Å²) >= 11 is 0. The number of carbonyl (C=O) groups is 1. The monoisotopic (exact) mass is 416 g/mol. The highest BCUT2D eigenvalue weighted by Gasteiger charge is 2.48. The lowest BCUT2D eigenvalue weighted by Crippen LogP contribution is -2.47. The molecule has 1 N–H and O–H groups in total. The number of nitriles is 1. The van der Waals surface area contributed by atoms with Crippen LogP contribution in [0.2, 0.25) is 0 Å². The average molecular weight is 416 g/mol. The van der Waals surface area contributed by atoms with Gasteiger partial charge in [-0.15, -0.1) is 0 Å². The first kappa shape index (κ1) is 19.5. The number of amides is 1. The summed E-state index contributed by atoms with van der Waals surface area (Å²) in [5, 5.41) is 12.2. The van der Waals surface area contributed by atoms with Crippen molar-refractivity contribution in [2.75, 3.05) is 43.5 Å². The summed E-state index contributed by atoms with van der Waals surface area (Å²) < 4.78 is 11.6. The molecule has 1 amide bonds. The van der Waals surface area contributed by atoms with E-state index in [1.165, 1.54) is 0 Å². The van der Waals surface area contributed by atoms with Crippen LogP contribution in [-0.2, 0) is 10.2 Å². The topological polar surface area (TPSA) is 77.8 Å². The van der Waals surface area contributed by atoms with Crippen molar-refractivity contribution >= 4 is 17.3 Å². The standard InChI is InChI=1S/C24H24N4O3/c1-16-27(2)21-6-4-18(14-22(21)31-16)30-12-11-28-9-7-24(8-10-28)19-13-17(15-25)3-5-20(19)26-23(24)29/h3-6,13-14H,1,7-12H2,2H3,(H,26,29). The van der Waals surface area contributed by atoms with E-state index in [2.05, 4.69) is 22.9 Å². The minimum Gasteiger partial charge on any atom is -0.492 e. The number of benzene rings is 2. The van der Waals surface area contributed by atoms with Crippen LogP contribution in [0.3, 0.4) is 0 Å². The van der Waals surface area contributed by atoms with Crippen molar-refractivity contribution in [2.45, 2.75) is 18.3 Å². The van der Waals surface area contributed by atoms with E-state index in [0.717, 1.165) is 60.9 Å². The summed E-state index contributed by atoms with van der Waals surface area (Å²) in [5.41, 5.74) is 2.86. The minimum absolute atomic E-state index is 0.0539. The molecule has 0 aromatic heterocycles. The molecule has 3 heterocycles. The van der Waals surface area contributed by atoms with Crippen LogP contribution in [0.25, 0.3) is 0 Å². The molecular weight excluding hydrogens is 392 g/mol. The van der Waals surface area contributed by atoms with E-state index < -0.39 is 5.41 Å². The normalized spacial score (nSPS) is 18.9. The van der Waals surface area contributed by atoms with Crippen LogP contribution < -0.4 is 19.7 Å². The lowest BCUT2D eigenvalue weighted by Gasteiger charge is -2.37. The highest BCUT2D eigenvalue weighted by molar-refractivity contribution is 6.06. The molecule has 2 aromatic rings. The molecule has 7 heteroatoms. The Bertz CT molecular complexity index is 1110. The zero-order valence-corrected chi connectivity index (χ0v) is 17.5. The molecule has 2 aromatic carbocycles. The molecule has 3 aliphatic rings. The van der Waals surface area contributed by atoms with Gasteiger partial charge in [0.25, 0.3) is 0 Å². The van der Waals surface area contributed by atoms with Crippen LogP contribution in [0.1, 0.15) is 24.0 Å². The van der Waals surface area contributed by atoms with Crippen LogP contribution in [0.5, 0.6) is 11.5 Å². The second-order valence-corrected chi connectivity index (χ2v) is 8.28.